The SMILES string of the molecule is Cc1nn(-c2ccccc2)c(N(N)C(=O)O)c1C. The van der Waals surface area contributed by atoms with Crippen LogP contribution in [-0.4, -0.2) is 21.0 Å². The van der Waals surface area contributed by atoms with Crippen LogP contribution in [0.1, 0.15) is 11.3 Å². The Balaban J connectivity index is 2.62. The van der Waals surface area contributed by atoms with Gasteiger partial charge in [-0.25, -0.2) is 15.3 Å². The minimum atomic E-state index is -1.23. The number of rotatable bonds is 2. The molecule has 0 fully saturated rings. The van der Waals surface area contributed by atoms with Crippen molar-refractivity contribution in [3.63, 3.8) is 0 Å². The molecule has 1 aromatic heterocycles. The van der Waals surface area contributed by atoms with Gasteiger partial charge in [0, 0.05) is 5.56 Å². The Morgan fingerprint density at radius 2 is 1.94 bits per heavy atom. The zero-order valence-corrected chi connectivity index (χ0v) is 10.2. The topological polar surface area (TPSA) is 84.4 Å². The van der Waals surface area contributed by atoms with Gasteiger partial charge < -0.3 is 5.11 Å². The first kappa shape index (κ1) is 12.1. The van der Waals surface area contributed by atoms with Gasteiger partial charge in [-0.3, -0.25) is 0 Å². The van der Waals surface area contributed by atoms with E-state index in [-0.39, 0.29) is 0 Å². The van der Waals surface area contributed by atoms with Gasteiger partial charge in [-0.1, -0.05) is 18.2 Å². The molecule has 94 valence electrons. The molecule has 6 nitrogen and oxygen atoms in total. The molecule has 6 heteroatoms. The number of hydrogen-bond acceptors (Lipinski definition) is 3. The molecule has 1 amide bonds. The number of nitrogens with two attached hydrogens (primary N) is 1. The zero-order valence-electron chi connectivity index (χ0n) is 10.2. The lowest BCUT2D eigenvalue weighted by Crippen LogP contribution is -2.38. The quantitative estimate of drug-likeness (QED) is 0.481. The summed E-state index contributed by atoms with van der Waals surface area (Å²) < 4.78 is 1.53. The van der Waals surface area contributed by atoms with Crippen molar-refractivity contribution in [2.75, 3.05) is 5.01 Å². The van der Waals surface area contributed by atoms with Gasteiger partial charge in [-0.05, 0) is 26.0 Å². The molecule has 1 aromatic carbocycles. The molecule has 0 bridgehead atoms. The molecular formula is C12H14N4O2. The Bertz CT molecular complexity index is 577. The summed E-state index contributed by atoms with van der Waals surface area (Å²) in [4.78, 5) is 11.0. The number of hydrogen-bond donors (Lipinski definition) is 2. The Kier molecular flexibility index (Phi) is 3.03. The molecule has 0 atom stereocenters. The van der Waals surface area contributed by atoms with E-state index in [1.54, 1.807) is 6.92 Å². The van der Waals surface area contributed by atoms with Crippen molar-refractivity contribution in [3.05, 3.63) is 41.6 Å². The number of para-hydroxylation sites is 1. The minimum Gasteiger partial charge on any atom is -0.464 e. The molecule has 3 N–H and O–H groups in total. The molecule has 0 spiro atoms. The molecule has 0 unspecified atom stereocenters. The van der Waals surface area contributed by atoms with Crippen molar-refractivity contribution in [3.8, 4) is 5.69 Å². The predicted octanol–water partition coefficient (Wildman–Crippen LogP) is 1.85. The van der Waals surface area contributed by atoms with Gasteiger partial charge in [0.25, 0.3) is 0 Å². The standard InChI is InChI=1S/C12H14N4O2/c1-8-9(2)14-16(10-6-4-3-5-7-10)11(8)15(13)12(17)18/h3-7H,13H2,1-2H3,(H,17,18). The number of anilines is 1. The van der Waals surface area contributed by atoms with E-state index in [4.69, 9.17) is 10.9 Å². The molecule has 0 aliphatic carbocycles. The number of aryl methyl sites for hydroxylation is 1. The van der Waals surface area contributed by atoms with Gasteiger partial charge >= 0.3 is 6.09 Å². The second-order valence-corrected chi connectivity index (χ2v) is 3.93. The van der Waals surface area contributed by atoms with Crippen LogP contribution in [0.25, 0.3) is 5.69 Å². The Hall–Kier alpha value is -2.34. The van der Waals surface area contributed by atoms with Gasteiger partial charge in [0.15, 0.2) is 5.82 Å². The summed E-state index contributed by atoms with van der Waals surface area (Å²) in [6.07, 6.45) is -1.23. The van der Waals surface area contributed by atoms with E-state index in [0.29, 0.717) is 10.8 Å². The highest BCUT2D eigenvalue weighted by molar-refractivity contribution is 5.85. The van der Waals surface area contributed by atoms with E-state index in [9.17, 15) is 4.79 Å². The van der Waals surface area contributed by atoms with E-state index in [2.05, 4.69) is 5.10 Å². The maximum absolute atomic E-state index is 11.0. The Morgan fingerprint density at radius 1 is 1.33 bits per heavy atom. The lowest BCUT2D eigenvalue weighted by atomic mass is 10.2. The normalized spacial score (nSPS) is 10.4. The fourth-order valence-corrected chi connectivity index (χ4v) is 1.72. The number of amides is 1. The van der Waals surface area contributed by atoms with Crippen molar-refractivity contribution >= 4 is 11.9 Å². The van der Waals surface area contributed by atoms with E-state index < -0.39 is 6.09 Å². The molecule has 1 heterocycles. The summed E-state index contributed by atoms with van der Waals surface area (Å²) in [5.74, 6) is 5.92. The van der Waals surface area contributed by atoms with E-state index in [0.717, 1.165) is 16.9 Å². The van der Waals surface area contributed by atoms with Gasteiger partial charge in [-0.2, -0.15) is 10.1 Å². The van der Waals surface area contributed by atoms with Gasteiger partial charge in [-0.15, -0.1) is 0 Å². The molecule has 2 rings (SSSR count). The molecule has 0 saturated carbocycles. The summed E-state index contributed by atoms with van der Waals surface area (Å²) in [5, 5.41) is 14.0. The second-order valence-electron chi connectivity index (χ2n) is 3.93. The number of benzene rings is 1. The summed E-state index contributed by atoms with van der Waals surface area (Å²) in [7, 11) is 0. The Labute approximate surface area is 104 Å². The first-order chi connectivity index (χ1) is 8.52. The highest BCUT2D eigenvalue weighted by atomic mass is 16.4. The van der Waals surface area contributed by atoms with Crippen molar-refractivity contribution in [2.45, 2.75) is 13.8 Å². The van der Waals surface area contributed by atoms with Crippen LogP contribution >= 0.6 is 0 Å². The van der Waals surface area contributed by atoms with Crippen molar-refractivity contribution in [2.24, 2.45) is 5.84 Å². The first-order valence-corrected chi connectivity index (χ1v) is 5.41. The number of carboxylic acid groups (broad SMARTS) is 1. The zero-order chi connectivity index (χ0) is 13.3. The van der Waals surface area contributed by atoms with E-state index in [1.165, 1.54) is 4.68 Å². The van der Waals surface area contributed by atoms with E-state index in [1.807, 2.05) is 37.3 Å². The maximum atomic E-state index is 11.0. The van der Waals surface area contributed by atoms with Crippen LogP contribution in [0.3, 0.4) is 0 Å². The van der Waals surface area contributed by atoms with Gasteiger partial charge in [0.2, 0.25) is 0 Å². The molecule has 0 aliphatic rings. The van der Waals surface area contributed by atoms with Crippen LogP contribution in [0.5, 0.6) is 0 Å². The van der Waals surface area contributed by atoms with Crippen LogP contribution in [0, 0.1) is 13.8 Å². The largest absolute Gasteiger partial charge is 0.464 e. The molecular weight excluding hydrogens is 232 g/mol. The lowest BCUT2D eigenvalue weighted by Gasteiger charge is -2.15. The highest BCUT2D eigenvalue weighted by Crippen LogP contribution is 2.24. The molecule has 0 radical (unpaired) electrons. The minimum absolute atomic E-state index is 0.353. The first-order valence-electron chi connectivity index (χ1n) is 5.41. The summed E-state index contributed by atoms with van der Waals surface area (Å²) in [6.45, 7) is 3.61. The maximum Gasteiger partial charge on any atom is 0.427 e. The highest BCUT2D eigenvalue weighted by Gasteiger charge is 2.21. The summed E-state index contributed by atoms with van der Waals surface area (Å²) >= 11 is 0. The fraction of sp³-hybridized carbons (Fsp3) is 0.167. The molecule has 0 saturated heterocycles. The fourth-order valence-electron chi connectivity index (χ4n) is 1.72. The van der Waals surface area contributed by atoms with Crippen LogP contribution in [-0.2, 0) is 0 Å². The van der Waals surface area contributed by atoms with Crippen LogP contribution in [0.2, 0.25) is 0 Å². The number of carbonyl (C=O) groups is 1. The average Bonchev–Trinajstić information content (AvgIpc) is 2.66. The van der Waals surface area contributed by atoms with E-state index >= 15 is 0 Å². The smallest absolute Gasteiger partial charge is 0.427 e. The average molecular weight is 246 g/mol. The second kappa shape index (κ2) is 4.50. The molecule has 0 aliphatic heterocycles. The van der Waals surface area contributed by atoms with Crippen molar-refractivity contribution < 1.29 is 9.90 Å². The van der Waals surface area contributed by atoms with Crippen LogP contribution in [0.4, 0.5) is 10.6 Å². The third-order valence-electron chi connectivity index (χ3n) is 2.76. The summed E-state index contributed by atoms with van der Waals surface area (Å²) in [5.41, 5.74) is 2.25. The van der Waals surface area contributed by atoms with Crippen molar-refractivity contribution in [1.82, 2.24) is 9.78 Å². The predicted molar refractivity (Wildman–Crippen MR) is 67.7 cm³/mol. The third-order valence-corrected chi connectivity index (χ3v) is 2.76. The molecule has 18 heavy (non-hydrogen) atoms. The molecule has 2 aromatic rings. The van der Waals surface area contributed by atoms with Crippen LogP contribution in [0.15, 0.2) is 30.3 Å². The van der Waals surface area contributed by atoms with Crippen LogP contribution < -0.4 is 10.9 Å². The lowest BCUT2D eigenvalue weighted by molar-refractivity contribution is 0.201. The third kappa shape index (κ3) is 1.93. The van der Waals surface area contributed by atoms with Crippen molar-refractivity contribution in [1.29, 1.82) is 0 Å². The van der Waals surface area contributed by atoms with Gasteiger partial charge in [0.05, 0.1) is 11.4 Å². The van der Waals surface area contributed by atoms with Gasteiger partial charge in [0.1, 0.15) is 0 Å². The Morgan fingerprint density at radius 3 is 2.50 bits per heavy atom. The number of hydrazine groups is 1. The monoisotopic (exact) mass is 246 g/mol. The number of nitrogens with zero attached hydrogens (tertiary/aromatic N) is 3. The number of aromatic nitrogens is 2. The summed E-state index contributed by atoms with van der Waals surface area (Å²) in [6, 6.07) is 9.26.